The van der Waals surface area contributed by atoms with E-state index in [4.69, 9.17) is 9.47 Å². The Morgan fingerprint density at radius 1 is 1.16 bits per heavy atom. The summed E-state index contributed by atoms with van der Waals surface area (Å²) in [6, 6.07) is 13.6. The second-order valence-corrected chi connectivity index (χ2v) is 8.37. The molecule has 37 heavy (non-hydrogen) atoms. The van der Waals surface area contributed by atoms with Gasteiger partial charge in [0.2, 0.25) is 5.75 Å². The molecule has 12 heteroatoms. The molecule has 0 bridgehead atoms. The van der Waals surface area contributed by atoms with Gasteiger partial charge in [-0.3, -0.25) is 14.9 Å². The van der Waals surface area contributed by atoms with Crippen LogP contribution in [0.3, 0.4) is 0 Å². The molecular formula is C25H17BrF3N3O5. The van der Waals surface area contributed by atoms with Crippen molar-refractivity contribution in [2.75, 3.05) is 12.4 Å². The average molecular weight is 576 g/mol. The number of nitro benzene ring substituents is 1. The minimum Gasteiger partial charge on any atom is -0.493 e. The van der Waals surface area contributed by atoms with Gasteiger partial charge in [0, 0.05) is 11.8 Å². The molecule has 1 N–H and O–H groups in total. The molecule has 3 rings (SSSR count). The highest BCUT2D eigenvalue weighted by Crippen LogP contribution is 2.44. The highest BCUT2D eigenvalue weighted by Gasteiger charge is 2.33. The normalized spacial score (nSPS) is 11.4. The number of nitro groups is 1. The second kappa shape index (κ2) is 11.1. The van der Waals surface area contributed by atoms with Crippen LogP contribution in [-0.4, -0.2) is 17.9 Å². The Kier molecular flexibility index (Phi) is 8.19. The fourth-order valence-corrected chi connectivity index (χ4v) is 3.71. The number of rotatable bonds is 7. The van der Waals surface area contributed by atoms with Gasteiger partial charge in [-0.15, -0.1) is 0 Å². The monoisotopic (exact) mass is 575 g/mol. The fourth-order valence-electron chi connectivity index (χ4n) is 3.17. The van der Waals surface area contributed by atoms with Crippen molar-refractivity contribution in [2.24, 2.45) is 0 Å². The van der Waals surface area contributed by atoms with Gasteiger partial charge in [-0.1, -0.05) is 18.2 Å². The Labute approximate surface area is 217 Å². The highest BCUT2D eigenvalue weighted by atomic mass is 79.9. The lowest BCUT2D eigenvalue weighted by atomic mass is 10.1. The number of nitriles is 1. The molecule has 0 spiro atoms. The Balaban J connectivity index is 1.96. The van der Waals surface area contributed by atoms with Crippen LogP contribution in [0.2, 0.25) is 0 Å². The molecule has 0 radical (unpaired) electrons. The number of ether oxygens (including phenoxy) is 2. The van der Waals surface area contributed by atoms with E-state index in [9.17, 15) is 33.3 Å². The van der Waals surface area contributed by atoms with Crippen molar-refractivity contribution in [3.63, 3.8) is 0 Å². The van der Waals surface area contributed by atoms with Gasteiger partial charge in [0.15, 0.2) is 11.5 Å². The van der Waals surface area contributed by atoms with Crippen molar-refractivity contribution >= 4 is 39.3 Å². The van der Waals surface area contributed by atoms with E-state index in [2.05, 4.69) is 21.2 Å². The van der Waals surface area contributed by atoms with Gasteiger partial charge in [0.05, 0.1) is 22.1 Å². The predicted molar refractivity (Wildman–Crippen MR) is 132 cm³/mol. The zero-order valence-corrected chi connectivity index (χ0v) is 20.8. The number of nitrogens with one attached hydrogen (secondary N) is 1. The summed E-state index contributed by atoms with van der Waals surface area (Å²) in [5.41, 5.74) is -0.636. The molecule has 0 atom stereocenters. The third-order valence-corrected chi connectivity index (χ3v) is 5.61. The van der Waals surface area contributed by atoms with E-state index in [-0.39, 0.29) is 21.5 Å². The molecule has 0 aliphatic heterocycles. The van der Waals surface area contributed by atoms with Crippen LogP contribution in [0.1, 0.15) is 16.7 Å². The first kappa shape index (κ1) is 27.2. The lowest BCUT2D eigenvalue weighted by Crippen LogP contribution is -2.14. The SMILES string of the molecule is COc1cc(/C=C(\C#N)C(=O)Nc2ccccc2C)cc(Br)c1Oc1ccc(C(F)(F)F)cc1[N+](=O)[O-]. The number of halogens is 4. The van der Waals surface area contributed by atoms with Crippen molar-refractivity contribution < 1.29 is 32.4 Å². The van der Waals surface area contributed by atoms with E-state index < -0.39 is 34.0 Å². The first-order valence-electron chi connectivity index (χ1n) is 10.3. The molecule has 0 aliphatic rings. The van der Waals surface area contributed by atoms with Gasteiger partial charge in [-0.2, -0.15) is 18.4 Å². The summed E-state index contributed by atoms with van der Waals surface area (Å²) in [5, 5.41) is 23.6. The van der Waals surface area contributed by atoms with E-state index in [1.165, 1.54) is 25.3 Å². The molecule has 0 saturated carbocycles. The molecule has 3 aromatic carbocycles. The quantitative estimate of drug-likeness (QED) is 0.140. The molecule has 190 valence electrons. The summed E-state index contributed by atoms with van der Waals surface area (Å²) >= 11 is 3.25. The molecule has 0 heterocycles. The maximum atomic E-state index is 13.0. The minimum atomic E-state index is -4.78. The summed E-state index contributed by atoms with van der Waals surface area (Å²) in [7, 11) is 1.28. The smallest absolute Gasteiger partial charge is 0.416 e. The Bertz CT molecular complexity index is 1450. The second-order valence-electron chi connectivity index (χ2n) is 7.51. The van der Waals surface area contributed by atoms with Gasteiger partial charge in [-0.05, 0) is 70.4 Å². The average Bonchev–Trinajstić information content (AvgIpc) is 2.84. The van der Waals surface area contributed by atoms with Gasteiger partial charge in [-0.25, -0.2) is 0 Å². The van der Waals surface area contributed by atoms with Crippen molar-refractivity contribution in [2.45, 2.75) is 13.1 Å². The van der Waals surface area contributed by atoms with E-state index >= 15 is 0 Å². The number of alkyl halides is 3. The topological polar surface area (TPSA) is 114 Å². The van der Waals surface area contributed by atoms with Crippen LogP contribution >= 0.6 is 15.9 Å². The maximum absolute atomic E-state index is 13.0. The number of aryl methyl sites for hydroxylation is 1. The summed E-state index contributed by atoms with van der Waals surface area (Å²) in [6.45, 7) is 1.80. The standard InChI is InChI=1S/C25H17BrF3N3O5/c1-14-5-3-4-6-19(14)31-24(33)16(13-30)9-15-10-18(26)23(22(11-15)36-2)37-21-8-7-17(25(27,28)29)12-20(21)32(34)35/h3-12H,1-2H3,(H,31,33)/b16-9+. The Morgan fingerprint density at radius 3 is 2.46 bits per heavy atom. The van der Waals surface area contributed by atoms with Gasteiger partial charge in [0.1, 0.15) is 11.6 Å². The fraction of sp³-hybridized carbons (Fsp3) is 0.120. The Morgan fingerprint density at radius 2 is 1.86 bits per heavy atom. The number of anilines is 1. The van der Waals surface area contributed by atoms with Crippen molar-refractivity contribution in [1.29, 1.82) is 5.26 Å². The van der Waals surface area contributed by atoms with E-state index in [1.54, 1.807) is 31.2 Å². The number of methoxy groups -OCH3 is 1. The molecule has 0 saturated heterocycles. The van der Waals surface area contributed by atoms with Crippen LogP contribution in [0, 0.1) is 28.4 Å². The van der Waals surface area contributed by atoms with E-state index in [0.717, 1.165) is 11.6 Å². The molecular weight excluding hydrogens is 559 g/mol. The van der Waals surface area contributed by atoms with Crippen LogP contribution in [0.25, 0.3) is 6.08 Å². The molecule has 0 fully saturated rings. The van der Waals surface area contributed by atoms with Crippen molar-refractivity contribution in [3.05, 3.63) is 91.4 Å². The van der Waals surface area contributed by atoms with Crippen LogP contribution in [0.15, 0.2) is 64.6 Å². The molecule has 0 aromatic heterocycles. The largest absolute Gasteiger partial charge is 0.493 e. The Hall–Kier alpha value is -4.37. The number of hydrogen-bond acceptors (Lipinski definition) is 6. The number of para-hydroxylation sites is 1. The zero-order chi connectivity index (χ0) is 27.3. The number of amides is 1. The summed E-state index contributed by atoms with van der Waals surface area (Å²) in [5.74, 6) is -1.12. The van der Waals surface area contributed by atoms with Crippen LogP contribution in [-0.2, 0) is 11.0 Å². The number of benzene rings is 3. The lowest BCUT2D eigenvalue weighted by molar-refractivity contribution is -0.385. The highest BCUT2D eigenvalue weighted by molar-refractivity contribution is 9.10. The predicted octanol–water partition coefficient (Wildman–Crippen LogP) is 7.03. The van der Waals surface area contributed by atoms with Gasteiger partial charge >= 0.3 is 11.9 Å². The van der Waals surface area contributed by atoms with Crippen LogP contribution in [0.4, 0.5) is 24.5 Å². The molecule has 8 nitrogen and oxygen atoms in total. The minimum absolute atomic E-state index is 0.0337. The third kappa shape index (κ3) is 6.45. The molecule has 1 amide bonds. The zero-order valence-electron chi connectivity index (χ0n) is 19.2. The number of carbonyl (C=O) groups is 1. The molecule has 3 aromatic rings. The number of hydrogen-bond donors (Lipinski definition) is 1. The van der Waals surface area contributed by atoms with Crippen molar-refractivity contribution in [1.82, 2.24) is 0 Å². The van der Waals surface area contributed by atoms with E-state index in [0.29, 0.717) is 23.4 Å². The number of nitrogens with zero attached hydrogens (tertiary/aromatic N) is 2. The van der Waals surface area contributed by atoms with Crippen LogP contribution < -0.4 is 14.8 Å². The van der Waals surface area contributed by atoms with Crippen LogP contribution in [0.5, 0.6) is 17.2 Å². The summed E-state index contributed by atoms with van der Waals surface area (Å²) in [6.07, 6.45) is -3.48. The number of carbonyl (C=O) groups excluding carboxylic acids is 1. The summed E-state index contributed by atoms with van der Waals surface area (Å²) in [4.78, 5) is 23.0. The first-order chi connectivity index (χ1) is 17.4. The maximum Gasteiger partial charge on any atom is 0.416 e. The van der Waals surface area contributed by atoms with Gasteiger partial charge < -0.3 is 14.8 Å². The van der Waals surface area contributed by atoms with Gasteiger partial charge in [0.25, 0.3) is 5.91 Å². The lowest BCUT2D eigenvalue weighted by Gasteiger charge is -2.14. The third-order valence-electron chi connectivity index (χ3n) is 5.02. The first-order valence-corrected chi connectivity index (χ1v) is 11.1. The summed E-state index contributed by atoms with van der Waals surface area (Å²) < 4.78 is 50.1. The van der Waals surface area contributed by atoms with Crippen molar-refractivity contribution in [3.8, 4) is 23.3 Å². The molecule has 0 aliphatic carbocycles. The van der Waals surface area contributed by atoms with E-state index in [1.807, 2.05) is 6.07 Å². The molecule has 0 unspecified atom stereocenters.